The van der Waals surface area contributed by atoms with E-state index in [1.54, 1.807) is 0 Å². The predicted molar refractivity (Wildman–Crippen MR) is 111 cm³/mol. The van der Waals surface area contributed by atoms with Crippen molar-refractivity contribution in [1.29, 1.82) is 0 Å². The van der Waals surface area contributed by atoms with Crippen LogP contribution in [0.4, 0.5) is 0 Å². The molecule has 0 radical (unpaired) electrons. The molecule has 0 aromatic heterocycles. The van der Waals surface area contributed by atoms with Crippen molar-refractivity contribution in [2.75, 3.05) is 19.8 Å². The van der Waals surface area contributed by atoms with Crippen LogP contribution in [-0.4, -0.2) is 38.8 Å². The van der Waals surface area contributed by atoms with E-state index in [0.717, 1.165) is 6.42 Å². The maximum atomic E-state index is 9.64. The van der Waals surface area contributed by atoms with Crippen molar-refractivity contribution in [1.82, 2.24) is 0 Å². The van der Waals surface area contributed by atoms with Gasteiger partial charge in [0.1, 0.15) is 0 Å². The lowest BCUT2D eigenvalue weighted by Crippen LogP contribution is -2.67. The molecule has 2 aliphatic rings. The molecule has 3 atom stereocenters. The molecular weight excluding hydrogens is 352 g/mol. The van der Waals surface area contributed by atoms with Crippen LogP contribution in [0.2, 0.25) is 5.04 Å². The highest BCUT2D eigenvalue weighted by Crippen LogP contribution is 2.56. The fraction of sp³-hybridized carbons (Fsp3) is 0.478. The van der Waals surface area contributed by atoms with Crippen molar-refractivity contribution in [2.24, 2.45) is 11.8 Å². The Morgan fingerprint density at radius 3 is 2.00 bits per heavy atom. The van der Waals surface area contributed by atoms with Crippen LogP contribution < -0.4 is 10.4 Å². The van der Waals surface area contributed by atoms with Crippen molar-refractivity contribution in [3.05, 3.63) is 60.7 Å². The molecular formula is C23H30O3Si. The van der Waals surface area contributed by atoms with Crippen molar-refractivity contribution >= 4 is 18.7 Å². The normalized spacial score (nSPS) is 27.4. The van der Waals surface area contributed by atoms with E-state index in [-0.39, 0.29) is 17.2 Å². The Labute approximate surface area is 163 Å². The van der Waals surface area contributed by atoms with Crippen molar-refractivity contribution in [3.63, 3.8) is 0 Å². The summed E-state index contributed by atoms with van der Waals surface area (Å²) in [6, 6.07) is 21.5. The minimum absolute atomic E-state index is 0.00716. The van der Waals surface area contributed by atoms with Crippen LogP contribution in [0.1, 0.15) is 27.2 Å². The van der Waals surface area contributed by atoms with Gasteiger partial charge in [-0.05, 0) is 21.8 Å². The van der Waals surface area contributed by atoms with Gasteiger partial charge in [-0.2, -0.15) is 0 Å². The third kappa shape index (κ3) is 3.09. The molecule has 1 saturated carbocycles. The standard InChI is InChI=1S/C23H30O3Si/c1-22(2,3)27(19-10-6-4-7-11-19,20-12-8-5-9-13-20)26-16-18-15-25-23(17-24)14-21(18)23/h4-13,18,21,24H,14-17H2,1-3H3/t18-,21-,23+/m1/s1. The van der Waals surface area contributed by atoms with Crippen LogP contribution in [0.5, 0.6) is 0 Å². The fourth-order valence-corrected chi connectivity index (χ4v) is 9.47. The molecule has 0 amide bonds. The van der Waals surface area contributed by atoms with E-state index in [2.05, 4.69) is 81.4 Å². The van der Waals surface area contributed by atoms with Gasteiger partial charge in [0.15, 0.2) is 0 Å². The molecule has 2 fully saturated rings. The maximum Gasteiger partial charge on any atom is 0.261 e. The molecule has 0 spiro atoms. The van der Waals surface area contributed by atoms with Gasteiger partial charge in [0, 0.05) is 18.4 Å². The molecule has 1 N–H and O–H groups in total. The monoisotopic (exact) mass is 382 g/mol. The highest BCUT2D eigenvalue weighted by atomic mass is 28.4. The number of hydrogen-bond acceptors (Lipinski definition) is 3. The molecule has 0 bridgehead atoms. The summed E-state index contributed by atoms with van der Waals surface area (Å²) in [6.07, 6.45) is 0.971. The molecule has 27 heavy (non-hydrogen) atoms. The summed E-state index contributed by atoms with van der Waals surface area (Å²) < 4.78 is 12.9. The van der Waals surface area contributed by atoms with Gasteiger partial charge in [-0.3, -0.25) is 0 Å². The maximum absolute atomic E-state index is 9.64. The van der Waals surface area contributed by atoms with Crippen LogP contribution in [0, 0.1) is 11.8 Å². The molecule has 3 nitrogen and oxygen atoms in total. The predicted octanol–water partition coefficient (Wildman–Crippen LogP) is 2.96. The van der Waals surface area contributed by atoms with E-state index < -0.39 is 8.32 Å². The van der Waals surface area contributed by atoms with Crippen LogP contribution in [0.15, 0.2) is 60.7 Å². The van der Waals surface area contributed by atoms with E-state index >= 15 is 0 Å². The number of aliphatic hydroxyl groups excluding tert-OH is 1. The zero-order chi connectivity index (χ0) is 19.1. The number of rotatable bonds is 6. The van der Waals surface area contributed by atoms with Gasteiger partial charge in [0.25, 0.3) is 8.32 Å². The summed E-state index contributed by atoms with van der Waals surface area (Å²) in [4.78, 5) is 0. The minimum atomic E-state index is -2.48. The zero-order valence-corrected chi connectivity index (χ0v) is 17.5. The Hall–Kier alpha value is -1.46. The average molecular weight is 383 g/mol. The van der Waals surface area contributed by atoms with Gasteiger partial charge in [0.05, 0.1) is 18.8 Å². The molecule has 0 unspecified atom stereocenters. The topological polar surface area (TPSA) is 38.7 Å². The van der Waals surface area contributed by atoms with Crippen LogP contribution >= 0.6 is 0 Å². The number of benzene rings is 2. The second-order valence-corrected chi connectivity index (χ2v) is 13.4. The highest BCUT2D eigenvalue weighted by Gasteiger charge is 2.63. The largest absolute Gasteiger partial charge is 0.407 e. The summed E-state index contributed by atoms with van der Waals surface area (Å²) in [5.74, 6) is 0.819. The van der Waals surface area contributed by atoms with Gasteiger partial charge in [-0.1, -0.05) is 81.4 Å². The lowest BCUT2D eigenvalue weighted by atomic mass is 10.1. The Morgan fingerprint density at radius 1 is 1.04 bits per heavy atom. The number of ether oxygens (including phenoxy) is 1. The number of hydrogen-bond donors (Lipinski definition) is 1. The molecule has 1 aliphatic heterocycles. The number of fused-ring (bicyclic) bond motifs is 1. The van der Waals surface area contributed by atoms with Gasteiger partial charge in [-0.15, -0.1) is 0 Å². The summed E-state index contributed by atoms with van der Waals surface area (Å²) in [7, 11) is -2.48. The molecule has 1 heterocycles. The highest BCUT2D eigenvalue weighted by molar-refractivity contribution is 6.99. The van der Waals surface area contributed by atoms with E-state index in [9.17, 15) is 5.11 Å². The SMILES string of the molecule is CC(C)(C)[Si](OC[C@H]1CO[C@]2(CO)C[C@H]12)(c1ccccc1)c1ccccc1. The summed E-state index contributed by atoms with van der Waals surface area (Å²) >= 11 is 0. The first-order valence-electron chi connectivity index (χ1n) is 9.93. The Kier molecular flexibility index (Phi) is 4.79. The van der Waals surface area contributed by atoms with Gasteiger partial charge in [0.2, 0.25) is 0 Å². The molecule has 1 saturated heterocycles. The van der Waals surface area contributed by atoms with Crippen LogP contribution in [0.3, 0.4) is 0 Å². The van der Waals surface area contributed by atoms with E-state index in [1.165, 1.54) is 10.4 Å². The third-order valence-electron chi connectivity index (χ3n) is 6.43. The second kappa shape index (κ2) is 6.85. The Balaban J connectivity index is 1.70. The quantitative estimate of drug-likeness (QED) is 0.781. The van der Waals surface area contributed by atoms with Gasteiger partial charge < -0.3 is 14.3 Å². The van der Waals surface area contributed by atoms with Crippen molar-refractivity contribution in [2.45, 2.75) is 37.8 Å². The first kappa shape index (κ1) is 18.9. The average Bonchev–Trinajstić information content (AvgIpc) is 3.30. The summed E-state index contributed by atoms with van der Waals surface area (Å²) in [5, 5.41) is 12.3. The third-order valence-corrected chi connectivity index (χ3v) is 11.4. The van der Waals surface area contributed by atoms with E-state index in [1.807, 2.05) is 0 Å². The fourth-order valence-electron chi connectivity index (χ4n) is 4.85. The number of aliphatic hydroxyl groups is 1. The second-order valence-electron chi connectivity index (χ2n) is 9.08. The van der Waals surface area contributed by atoms with E-state index in [0.29, 0.717) is 25.0 Å². The van der Waals surface area contributed by atoms with Crippen molar-refractivity contribution < 1.29 is 14.3 Å². The molecule has 4 rings (SSSR count). The van der Waals surface area contributed by atoms with Gasteiger partial charge in [-0.25, -0.2) is 0 Å². The molecule has 2 aromatic carbocycles. The zero-order valence-electron chi connectivity index (χ0n) is 16.5. The lowest BCUT2D eigenvalue weighted by molar-refractivity contribution is 0.0128. The summed E-state index contributed by atoms with van der Waals surface area (Å²) in [5.41, 5.74) is -0.264. The van der Waals surface area contributed by atoms with E-state index in [4.69, 9.17) is 9.16 Å². The summed E-state index contributed by atoms with van der Waals surface area (Å²) in [6.45, 7) is 8.44. The molecule has 4 heteroatoms. The molecule has 1 aliphatic carbocycles. The first-order valence-corrected chi connectivity index (χ1v) is 11.8. The molecule has 144 valence electrons. The minimum Gasteiger partial charge on any atom is -0.407 e. The van der Waals surface area contributed by atoms with Crippen LogP contribution in [-0.2, 0) is 9.16 Å². The van der Waals surface area contributed by atoms with Crippen LogP contribution in [0.25, 0.3) is 0 Å². The van der Waals surface area contributed by atoms with Crippen molar-refractivity contribution in [3.8, 4) is 0 Å². The Morgan fingerprint density at radius 2 is 1.59 bits per heavy atom. The van der Waals surface area contributed by atoms with Gasteiger partial charge >= 0.3 is 0 Å². The first-order chi connectivity index (χ1) is 12.9. The smallest absolute Gasteiger partial charge is 0.261 e. The lowest BCUT2D eigenvalue weighted by Gasteiger charge is -2.43. The molecule has 2 aromatic rings. The Bertz CT molecular complexity index is 732.